The minimum atomic E-state index is -0.653. The molecule has 0 aliphatic carbocycles. The lowest BCUT2D eigenvalue weighted by molar-refractivity contribution is -0.113. The Hall–Kier alpha value is -4.08. The number of benzene rings is 2. The van der Waals surface area contributed by atoms with E-state index in [1.165, 1.54) is 22.7 Å². The number of allylic oxidation sites excluding steroid dienone is 1. The second kappa shape index (κ2) is 8.54. The average molecular weight is 513 g/mol. The van der Waals surface area contributed by atoms with Crippen LogP contribution in [0.5, 0.6) is 0 Å². The van der Waals surface area contributed by atoms with E-state index in [1.54, 1.807) is 11.5 Å². The van der Waals surface area contributed by atoms with Gasteiger partial charge in [-0.2, -0.15) is 0 Å². The number of para-hydroxylation sites is 2. The molecule has 2 N–H and O–H groups in total. The molecule has 2 aliphatic heterocycles. The monoisotopic (exact) mass is 512 g/mol. The van der Waals surface area contributed by atoms with Crippen LogP contribution in [-0.2, 0) is 9.59 Å². The van der Waals surface area contributed by atoms with Gasteiger partial charge in [-0.15, -0.1) is 11.3 Å². The molecular formula is C27H20N4O3S2. The molecule has 0 saturated carbocycles. The van der Waals surface area contributed by atoms with E-state index in [4.69, 9.17) is 0 Å². The number of nitrogens with zero attached hydrogens (tertiary/aromatic N) is 2. The molecule has 7 nitrogen and oxygen atoms in total. The maximum atomic E-state index is 13.9. The smallest absolute Gasteiger partial charge is 0.272 e. The molecule has 9 heteroatoms. The highest BCUT2D eigenvalue weighted by molar-refractivity contribution is 7.10. The van der Waals surface area contributed by atoms with Gasteiger partial charge in [-0.25, -0.2) is 4.99 Å². The molecule has 4 aromatic rings. The number of anilines is 2. The first-order chi connectivity index (χ1) is 17.4. The topological polar surface area (TPSA) is 92.6 Å². The molecule has 0 radical (unpaired) electrons. The van der Waals surface area contributed by atoms with Crippen LogP contribution in [0.25, 0.3) is 5.57 Å². The third kappa shape index (κ3) is 3.47. The number of thiazole rings is 1. The summed E-state index contributed by atoms with van der Waals surface area (Å²) in [6, 6.07) is 18.0. The first kappa shape index (κ1) is 22.4. The lowest BCUT2D eigenvalue weighted by Gasteiger charge is -2.24. The number of rotatable bonds is 3. The van der Waals surface area contributed by atoms with Gasteiger partial charge in [0.2, 0.25) is 0 Å². The molecule has 0 fully saturated rings. The molecule has 36 heavy (non-hydrogen) atoms. The number of aryl methyl sites for hydroxylation is 1. The van der Waals surface area contributed by atoms with Crippen LogP contribution in [0.3, 0.4) is 0 Å². The molecule has 1 atom stereocenters. The second-order valence-electron chi connectivity index (χ2n) is 8.56. The summed E-state index contributed by atoms with van der Waals surface area (Å²) < 4.78 is 1.86. The normalized spacial score (nSPS) is 17.8. The van der Waals surface area contributed by atoms with Gasteiger partial charge < -0.3 is 10.6 Å². The van der Waals surface area contributed by atoms with Gasteiger partial charge in [-0.1, -0.05) is 53.8 Å². The zero-order valence-corrected chi connectivity index (χ0v) is 21.0. The quantitative estimate of drug-likeness (QED) is 0.440. The summed E-state index contributed by atoms with van der Waals surface area (Å²) in [5.74, 6) is -0.631. The van der Waals surface area contributed by atoms with Crippen molar-refractivity contribution in [1.82, 2.24) is 4.57 Å². The van der Waals surface area contributed by atoms with Gasteiger partial charge in [-0.3, -0.25) is 19.0 Å². The molecule has 2 aliphatic rings. The molecular weight excluding hydrogens is 492 g/mol. The lowest BCUT2D eigenvalue weighted by Crippen LogP contribution is -2.41. The summed E-state index contributed by atoms with van der Waals surface area (Å²) >= 11 is 2.64. The van der Waals surface area contributed by atoms with Gasteiger partial charge in [0, 0.05) is 21.8 Å². The summed E-state index contributed by atoms with van der Waals surface area (Å²) in [7, 11) is 0. The Morgan fingerprint density at radius 1 is 1.03 bits per heavy atom. The third-order valence-electron chi connectivity index (χ3n) is 6.35. The molecule has 2 amide bonds. The predicted octanol–water partition coefficient (Wildman–Crippen LogP) is 3.57. The van der Waals surface area contributed by atoms with E-state index >= 15 is 0 Å². The standard InChI is InChI=1S/C27H20N4O3S2/c1-14-8-3-5-10-17(14)29-24(32)20-15(2)28-27-31(22(20)19-12-7-13-35-19)26(34)23(36-27)21-16-9-4-6-11-18(16)30-25(21)33/h3-13,22H,1-2H3,(H,29,32)(H,30,33)/b23-21+/t22-/m0/s1. The van der Waals surface area contributed by atoms with Gasteiger partial charge in [0.1, 0.15) is 10.6 Å². The first-order valence-electron chi connectivity index (χ1n) is 11.3. The Kier molecular flexibility index (Phi) is 5.31. The number of carbonyl (C=O) groups is 2. The fourth-order valence-corrected chi connectivity index (χ4v) is 6.59. The van der Waals surface area contributed by atoms with Crippen molar-refractivity contribution in [3.8, 4) is 0 Å². The van der Waals surface area contributed by atoms with Crippen molar-refractivity contribution in [3.63, 3.8) is 0 Å². The first-order valence-corrected chi connectivity index (χ1v) is 13.0. The number of nitrogens with one attached hydrogen (secondary N) is 2. The van der Waals surface area contributed by atoms with Crippen LogP contribution < -0.4 is 25.5 Å². The number of thiophene rings is 1. The summed E-state index contributed by atoms with van der Waals surface area (Å²) in [5, 5.41) is 7.76. The zero-order valence-electron chi connectivity index (χ0n) is 19.4. The van der Waals surface area contributed by atoms with Crippen LogP contribution in [0, 0.1) is 6.92 Å². The number of aromatic nitrogens is 1. The van der Waals surface area contributed by atoms with Crippen molar-refractivity contribution in [3.05, 3.63) is 113 Å². The van der Waals surface area contributed by atoms with Gasteiger partial charge in [0.15, 0.2) is 4.80 Å². The number of hydrogen-bond donors (Lipinski definition) is 2. The summed E-state index contributed by atoms with van der Waals surface area (Å²) in [5.41, 5.74) is 3.93. The number of carbonyl (C=O) groups excluding carboxylic acids is 2. The molecule has 0 bridgehead atoms. The van der Waals surface area contributed by atoms with E-state index in [0.717, 1.165) is 10.4 Å². The van der Waals surface area contributed by atoms with Crippen LogP contribution >= 0.6 is 22.7 Å². The number of fused-ring (bicyclic) bond motifs is 2. The van der Waals surface area contributed by atoms with E-state index in [0.29, 0.717) is 43.1 Å². The fourth-order valence-electron chi connectivity index (χ4n) is 4.62. The molecule has 0 spiro atoms. The van der Waals surface area contributed by atoms with Crippen molar-refractivity contribution in [2.75, 3.05) is 10.6 Å². The molecule has 6 rings (SSSR count). The maximum Gasteiger partial charge on any atom is 0.272 e. The Morgan fingerprint density at radius 3 is 2.58 bits per heavy atom. The van der Waals surface area contributed by atoms with E-state index < -0.39 is 6.04 Å². The molecule has 0 unspecified atom stereocenters. The average Bonchev–Trinajstić information content (AvgIpc) is 3.57. The van der Waals surface area contributed by atoms with Gasteiger partial charge in [0.25, 0.3) is 17.4 Å². The van der Waals surface area contributed by atoms with E-state index in [9.17, 15) is 14.4 Å². The van der Waals surface area contributed by atoms with Crippen LogP contribution in [0.1, 0.15) is 29.0 Å². The Labute approximate surface area is 213 Å². The largest absolute Gasteiger partial charge is 0.322 e. The van der Waals surface area contributed by atoms with Gasteiger partial charge >= 0.3 is 0 Å². The molecule has 4 heterocycles. The summed E-state index contributed by atoms with van der Waals surface area (Å²) in [6.07, 6.45) is 0. The van der Waals surface area contributed by atoms with E-state index in [-0.39, 0.29) is 17.4 Å². The summed E-state index contributed by atoms with van der Waals surface area (Å²) in [4.78, 5) is 46.4. The van der Waals surface area contributed by atoms with E-state index in [2.05, 4.69) is 15.6 Å². The van der Waals surface area contributed by atoms with Crippen molar-refractivity contribution in [1.29, 1.82) is 0 Å². The van der Waals surface area contributed by atoms with Gasteiger partial charge in [0.05, 0.1) is 16.8 Å². The van der Waals surface area contributed by atoms with Crippen LogP contribution in [-0.4, -0.2) is 16.4 Å². The molecule has 0 saturated heterocycles. The highest BCUT2D eigenvalue weighted by Gasteiger charge is 2.35. The van der Waals surface area contributed by atoms with Crippen LogP contribution in [0.4, 0.5) is 11.4 Å². The van der Waals surface area contributed by atoms with Gasteiger partial charge in [-0.05, 0) is 43.0 Å². The highest BCUT2D eigenvalue weighted by Crippen LogP contribution is 2.34. The fraction of sp³-hybridized carbons (Fsp3) is 0.111. The molecule has 2 aromatic heterocycles. The molecule has 178 valence electrons. The zero-order chi connectivity index (χ0) is 25.0. The minimum absolute atomic E-state index is 0.311. The van der Waals surface area contributed by atoms with Crippen molar-refractivity contribution < 1.29 is 9.59 Å². The van der Waals surface area contributed by atoms with E-state index in [1.807, 2.05) is 73.0 Å². The summed E-state index contributed by atoms with van der Waals surface area (Å²) in [6.45, 7) is 3.71. The van der Waals surface area contributed by atoms with Crippen molar-refractivity contribution >= 4 is 51.4 Å². The van der Waals surface area contributed by atoms with Crippen LogP contribution in [0.2, 0.25) is 0 Å². The number of hydrogen-bond acceptors (Lipinski definition) is 6. The Bertz CT molecular complexity index is 1780. The third-order valence-corrected chi connectivity index (χ3v) is 8.32. The predicted molar refractivity (Wildman–Crippen MR) is 142 cm³/mol. The maximum absolute atomic E-state index is 13.9. The lowest BCUT2D eigenvalue weighted by atomic mass is 10.0. The second-order valence-corrected chi connectivity index (χ2v) is 10.5. The Morgan fingerprint density at radius 2 is 1.81 bits per heavy atom. The highest BCUT2D eigenvalue weighted by atomic mass is 32.1. The minimum Gasteiger partial charge on any atom is -0.322 e. The SMILES string of the molecule is CC1=C(C(=O)Nc2ccccc2C)[C@H](c2cccs2)n2c(s/c(=C3/C(=O)Nc4ccccc43)c2=O)=N1. The van der Waals surface area contributed by atoms with Crippen molar-refractivity contribution in [2.24, 2.45) is 4.99 Å². The molecule has 2 aromatic carbocycles. The number of amides is 2. The van der Waals surface area contributed by atoms with Crippen LogP contribution in [0.15, 0.2) is 87.1 Å². The Balaban J connectivity index is 1.56. The van der Waals surface area contributed by atoms with Crippen molar-refractivity contribution in [2.45, 2.75) is 19.9 Å².